The van der Waals surface area contributed by atoms with Crippen LogP contribution in [0.1, 0.15) is 58.8 Å². The molecule has 0 amide bonds. The van der Waals surface area contributed by atoms with Crippen LogP contribution in [0.5, 0.6) is 0 Å². The van der Waals surface area contributed by atoms with Crippen LogP contribution in [-0.2, 0) is 23.8 Å². The average Bonchev–Trinajstić information content (AvgIpc) is 2.10. The number of rotatable bonds is 8. The normalized spacial score (nSPS) is 14.1. The third kappa shape index (κ3) is 9.39. The van der Waals surface area contributed by atoms with Gasteiger partial charge in [-0.05, 0) is 0 Å². The first-order valence-corrected chi connectivity index (χ1v) is 9.13. The summed E-state index contributed by atoms with van der Waals surface area (Å²) in [5.74, 6) is 1.21. The van der Waals surface area contributed by atoms with Crippen molar-refractivity contribution in [1.82, 2.24) is 0 Å². The van der Waals surface area contributed by atoms with Crippen LogP contribution in [0.4, 0.5) is 0 Å². The second kappa shape index (κ2) is 10.4. The summed E-state index contributed by atoms with van der Waals surface area (Å²) < 4.78 is 0. The van der Waals surface area contributed by atoms with Crippen molar-refractivity contribution in [2.24, 2.45) is 0 Å². The van der Waals surface area contributed by atoms with Crippen LogP contribution in [-0.4, -0.2) is 5.66 Å². The van der Waals surface area contributed by atoms with Gasteiger partial charge in [0.15, 0.2) is 0 Å². The van der Waals surface area contributed by atoms with Crippen molar-refractivity contribution in [3.05, 3.63) is 0 Å². The van der Waals surface area contributed by atoms with Crippen molar-refractivity contribution >= 4 is 5.93 Å². The predicted molar refractivity (Wildman–Crippen MR) is 55.8 cm³/mol. The van der Waals surface area contributed by atoms with Gasteiger partial charge in [-0.1, -0.05) is 0 Å². The molecule has 0 bridgehead atoms. The second-order valence-electron chi connectivity index (χ2n) is 3.62. The van der Waals surface area contributed by atoms with E-state index >= 15 is 0 Å². The Morgan fingerprint density at radius 3 is 2.25 bits per heavy atom. The third-order valence-electron chi connectivity index (χ3n) is 2.28. The van der Waals surface area contributed by atoms with Crippen molar-refractivity contribution in [1.29, 1.82) is 0 Å². The average molecular weight is 218 g/mol. The molecule has 0 nitrogen and oxygen atoms in total. The van der Waals surface area contributed by atoms with Crippen LogP contribution in [0, 0.1) is 0 Å². The fourth-order valence-electron chi connectivity index (χ4n) is 1.31. The fraction of sp³-hybridized carbons (Fsp3) is 1.00. The number of unbranched alkanes of at least 4 members (excludes halogenated alkanes) is 5. The van der Waals surface area contributed by atoms with Gasteiger partial charge in [0, 0.05) is 0 Å². The van der Waals surface area contributed by atoms with E-state index in [1.165, 1.54) is 50.9 Å². The molecule has 0 aliphatic heterocycles. The van der Waals surface area contributed by atoms with E-state index in [1.807, 2.05) is 23.8 Å². The first-order chi connectivity index (χ1) is 5.81. The molecule has 0 saturated carbocycles. The van der Waals surface area contributed by atoms with Gasteiger partial charge < -0.3 is 0 Å². The Morgan fingerprint density at radius 2 is 1.67 bits per heavy atom. The first kappa shape index (κ1) is 13.3. The zero-order valence-corrected chi connectivity index (χ0v) is 11.4. The van der Waals surface area contributed by atoms with E-state index in [2.05, 4.69) is 13.8 Å². The maximum absolute atomic E-state index is 2.40. The van der Waals surface area contributed by atoms with Crippen molar-refractivity contribution in [3.8, 4) is 0 Å². The Balaban J connectivity index is 2.90. The summed E-state index contributed by atoms with van der Waals surface area (Å²) in [4.78, 5) is 0. The molecule has 0 aromatic rings. The summed E-state index contributed by atoms with van der Waals surface area (Å²) in [5.41, 5.74) is 1.01. The molecule has 2 unspecified atom stereocenters. The molecule has 0 rings (SSSR count). The van der Waals surface area contributed by atoms with Gasteiger partial charge in [0.25, 0.3) is 0 Å². The molecule has 0 N–H and O–H groups in total. The van der Waals surface area contributed by atoms with Gasteiger partial charge in [-0.25, -0.2) is 0 Å². The molecule has 0 spiro atoms. The van der Waals surface area contributed by atoms with Crippen LogP contribution >= 0.6 is 5.93 Å². The van der Waals surface area contributed by atoms with Crippen LogP contribution in [0.15, 0.2) is 0 Å². The first-order valence-electron chi connectivity index (χ1n) is 5.27. The second-order valence-corrected chi connectivity index (χ2v) is 6.50. The van der Waals surface area contributed by atoms with E-state index in [1.54, 1.807) is 0 Å². The molecule has 12 heavy (non-hydrogen) atoms. The molecular weight excluding hydrogens is 196 g/mol. The van der Waals surface area contributed by atoms with E-state index < -0.39 is 0 Å². The SMILES string of the molecule is CCCCCCCCC(C)[PH][Sc]. The minimum atomic E-state index is 1.01. The number of hydrogen-bond acceptors (Lipinski definition) is 0. The van der Waals surface area contributed by atoms with Gasteiger partial charge >= 0.3 is 94.2 Å². The topological polar surface area (TPSA) is 0 Å². The summed E-state index contributed by atoms with van der Waals surface area (Å²) in [6, 6.07) is 0. The van der Waals surface area contributed by atoms with Crippen LogP contribution < -0.4 is 0 Å². The molecule has 0 aliphatic rings. The Labute approximate surface area is 93.9 Å². The van der Waals surface area contributed by atoms with Crippen molar-refractivity contribution in [2.75, 3.05) is 0 Å². The molecule has 2 atom stereocenters. The molecule has 0 radical (unpaired) electrons. The minimum absolute atomic E-state index is 1.01. The van der Waals surface area contributed by atoms with Crippen molar-refractivity contribution < 1.29 is 23.8 Å². The van der Waals surface area contributed by atoms with E-state index in [-0.39, 0.29) is 0 Å². The molecule has 0 aromatic heterocycles. The van der Waals surface area contributed by atoms with Gasteiger partial charge in [-0.15, -0.1) is 0 Å². The molecule has 0 aliphatic carbocycles. The molecule has 0 aromatic carbocycles. The van der Waals surface area contributed by atoms with E-state index in [0.717, 1.165) is 5.66 Å². The summed E-state index contributed by atoms with van der Waals surface area (Å²) >= 11 is 1.92. The molecule has 70 valence electrons. The zero-order chi connectivity index (χ0) is 9.23. The fourth-order valence-corrected chi connectivity index (χ4v) is 2.47. The van der Waals surface area contributed by atoms with Gasteiger partial charge in [0.1, 0.15) is 0 Å². The quantitative estimate of drug-likeness (QED) is 0.421. The molecular formula is C10H22PSc. The summed E-state index contributed by atoms with van der Waals surface area (Å²) in [6.07, 6.45) is 10.2. The van der Waals surface area contributed by atoms with Crippen LogP contribution in [0.2, 0.25) is 0 Å². The molecule has 0 heterocycles. The van der Waals surface area contributed by atoms with E-state index in [4.69, 9.17) is 0 Å². The van der Waals surface area contributed by atoms with Gasteiger partial charge in [-0.2, -0.15) is 0 Å². The molecule has 0 saturated heterocycles. The Bertz CT molecular complexity index is 85.9. The summed E-state index contributed by atoms with van der Waals surface area (Å²) in [7, 11) is 0. The molecule has 0 fully saturated rings. The van der Waals surface area contributed by atoms with Crippen LogP contribution in [0.3, 0.4) is 0 Å². The predicted octanol–water partition coefficient (Wildman–Crippen LogP) is 4.27. The maximum atomic E-state index is 2.40. The van der Waals surface area contributed by atoms with Gasteiger partial charge in [0.2, 0.25) is 0 Å². The Kier molecular flexibility index (Phi) is 11.5. The van der Waals surface area contributed by atoms with E-state index in [9.17, 15) is 0 Å². The van der Waals surface area contributed by atoms with Crippen molar-refractivity contribution in [2.45, 2.75) is 64.5 Å². The Morgan fingerprint density at radius 1 is 1.08 bits per heavy atom. The zero-order valence-electron chi connectivity index (χ0n) is 8.60. The van der Waals surface area contributed by atoms with Crippen LogP contribution in [0.25, 0.3) is 0 Å². The summed E-state index contributed by atoms with van der Waals surface area (Å²) in [5, 5.41) is 0. The van der Waals surface area contributed by atoms with Gasteiger partial charge in [-0.3, -0.25) is 0 Å². The van der Waals surface area contributed by atoms with E-state index in [0.29, 0.717) is 0 Å². The summed E-state index contributed by atoms with van der Waals surface area (Å²) in [6.45, 7) is 4.68. The monoisotopic (exact) mass is 218 g/mol. The standard InChI is InChI=1S/C10H22P.Sc/c1-3-4-5-6-7-8-9-10(2)11;/h10-11H,3-9H2,1-2H3;/q-1;+1. The molecule has 2 heteroatoms. The number of hydrogen-bond donors (Lipinski definition) is 0. The van der Waals surface area contributed by atoms with Gasteiger partial charge in [0.05, 0.1) is 0 Å². The van der Waals surface area contributed by atoms with Crippen molar-refractivity contribution in [3.63, 3.8) is 0 Å². The third-order valence-corrected chi connectivity index (χ3v) is 5.80. The Hall–Kier alpha value is 1.30.